The monoisotopic (exact) mass is 207 g/mol. The minimum atomic E-state index is 0.196. The van der Waals surface area contributed by atoms with E-state index < -0.39 is 0 Å². The number of halogens is 1. The maximum Gasteiger partial charge on any atom is 0.224 e. The Hall–Kier alpha value is -1.35. The van der Waals surface area contributed by atoms with E-state index >= 15 is 0 Å². The molecule has 3 nitrogen and oxygen atoms in total. The molecule has 72 valence electrons. The highest BCUT2D eigenvalue weighted by Gasteiger charge is 2.06. The van der Waals surface area contributed by atoms with Gasteiger partial charge in [0.15, 0.2) is 0 Å². The van der Waals surface area contributed by atoms with Crippen molar-refractivity contribution < 1.29 is 0 Å². The number of rotatable bonds is 0. The molecule has 1 aromatic heterocycles. The fourth-order valence-corrected chi connectivity index (χ4v) is 1.76. The first-order valence-electron chi connectivity index (χ1n) is 4.28. The molecule has 2 N–H and O–H groups in total. The van der Waals surface area contributed by atoms with Crippen molar-refractivity contribution in [3.05, 3.63) is 28.5 Å². The first-order valence-corrected chi connectivity index (χ1v) is 4.65. The predicted molar refractivity (Wildman–Crippen MR) is 58.4 cm³/mol. The van der Waals surface area contributed by atoms with Gasteiger partial charge in [-0.2, -0.15) is 0 Å². The lowest BCUT2D eigenvalue weighted by molar-refractivity contribution is 1.21. The van der Waals surface area contributed by atoms with Crippen LogP contribution < -0.4 is 5.73 Å². The number of hydrogen-bond acceptors (Lipinski definition) is 3. The summed E-state index contributed by atoms with van der Waals surface area (Å²) < 4.78 is 0. The molecule has 0 bridgehead atoms. The Balaban J connectivity index is 2.94. The molecule has 4 heteroatoms. The van der Waals surface area contributed by atoms with Gasteiger partial charge >= 0.3 is 0 Å². The summed E-state index contributed by atoms with van der Waals surface area (Å²) in [7, 11) is 0. The fourth-order valence-electron chi connectivity index (χ4n) is 1.58. The molecule has 0 aliphatic heterocycles. The number of aryl methyl sites for hydroxylation is 2. The summed E-state index contributed by atoms with van der Waals surface area (Å²) in [5, 5.41) is 1.06. The summed E-state index contributed by atoms with van der Waals surface area (Å²) in [6.45, 7) is 4.00. The van der Waals surface area contributed by atoms with E-state index in [2.05, 4.69) is 9.97 Å². The lowest BCUT2D eigenvalue weighted by Gasteiger charge is -2.05. The van der Waals surface area contributed by atoms with Gasteiger partial charge < -0.3 is 5.73 Å². The maximum absolute atomic E-state index is 5.76. The first kappa shape index (κ1) is 9.21. The largest absolute Gasteiger partial charge is 0.383 e. The maximum atomic E-state index is 5.76. The van der Waals surface area contributed by atoms with Crippen molar-refractivity contribution in [1.82, 2.24) is 9.97 Å². The molecular weight excluding hydrogens is 198 g/mol. The van der Waals surface area contributed by atoms with Crippen molar-refractivity contribution in [2.45, 2.75) is 13.8 Å². The Morgan fingerprint density at radius 1 is 1.21 bits per heavy atom. The predicted octanol–water partition coefficient (Wildman–Crippen LogP) is 2.48. The first-order chi connectivity index (χ1) is 6.58. The molecule has 1 aromatic carbocycles. The van der Waals surface area contributed by atoms with Gasteiger partial charge in [0.1, 0.15) is 5.82 Å². The van der Waals surface area contributed by atoms with E-state index in [4.69, 9.17) is 17.3 Å². The molecule has 2 aromatic rings. The van der Waals surface area contributed by atoms with Crippen LogP contribution in [0, 0.1) is 13.8 Å². The molecule has 0 spiro atoms. The van der Waals surface area contributed by atoms with Gasteiger partial charge in [-0.3, -0.25) is 0 Å². The van der Waals surface area contributed by atoms with Crippen LogP contribution in [-0.2, 0) is 0 Å². The zero-order chi connectivity index (χ0) is 10.3. The zero-order valence-electron chi connectivity index (χ0n) is 8.00. The smallest absolute Gasteiger partial charge is 0.224 e. The fraction of sp³-hybridized carbons (Fsp3) is 0.200. The van der Waals surface area contributed by atoms with Crippen molar-refractivity contribution in [2.24, 2.45) is 0 Å². The molecule has 0 radical (unpaired) electrons. The van der Waals surface area contributed by atoms with E-state index in [1.165, 1.54) is 0 Å². The average Bonchev–Trinajstić information content (AvgIpc) is 2.07. The SMILES string of the molecule is Cc1cc(C)c2nc(Cl)nc(N)c2c1. The number of benzene rings is 1. The number of nitrogens with zero attached hydrogens (tertiary/aromatic N) is 2. The lowest BCUT2D eigenvalue weighted by Crippen LogP contribution is -1.96. The molecule has 1 heterocycles. The Bertz CT molecular complexity index is 461. The molecule has 0 amide bonds. The number of nitrogen functional groups attached to an aromatic ring is 1. The lowest BCUT2D eigenvalue weighted by atomic mass is 10.1. The van der Waals surface area contributed by atoms with E-state index in [-0.39, 0.29) is 5.28 Å². The summed E-state index contributed by atoms with van der Waals surface area (Å²) in [6, 6.07) is 4.01. The van der Waals surface area contributed by atoms with Gasteiger partial charge in [0.05, 0.1) is 5.52 Å². The minimum Gasteiger partial charge on any atom is -0.383 e. The summed E-state index contributed by atoms with van der Waals surface area (Å²) in [5.74, 6) is 0.437. The van der Waals surface area contributed by atoms with Gasteiger partial charge in [-0.05, 0) is 42.6 Å². The third kappa shape index (κ3) is 1.40. The quantitative estimate of drug-likeness (QED) is 0.676. The van der Waals surface area contributed by atoms with E-state index in [0.717, 1.165) is 22.0 Å². The topological polar surface area (TPSA) is 51.8 Å². The van der Waals surface area contributed by atoms with E-state index in [1.54, 1.807) is 0 Å². The molecule has 0 fully saturated rings. The minimum absolute atomic E-state index is 0.196. The summed E-state index contributed by atoms with van der Waals surface area (Å²) >= 11 is 5.73. The van der Waals surface area contributed by atoms with Crippen LogP contribution in [0.3, 0.4) is 0 Å². The summed E-state index contributed by atoms with van der Waals surface area (Å²) in [5.41, 5.74) is 8.80. The second kappa shape index (κ2) is 3.10. The van der Waals surface area contributed by atoms with Crippen LogP contribution in [0.4, 0.5) is 5.82 Å². The van der Waals surface area contributed by atoms with Crippen molar-refractivity contribution in [1.29, 1.82) is 0 Å². The van der Waals surface area contributed by atoms with Gasteiger partial charge in [0, 0.05) is 5.39 Å². The van der Waals surface area contributed by atoms with Gasteiger partial charge in [0.2, 0.25) is 5.28 Å². The van der Waals surface area contributed by atoms with Gasteiger partial charge in [0.25, 0.3) is 0 Å². The number of aromatic nitrogens is 2. The third-order valence-corrected chi connectivity index (χ3v) is 2.31. The highest BCUT2D eigenvalue weighted by molar-refractivity contribution is 6.28. The van der Waals surface area contributed by atoms with Crippen LogP contribution >= 0.6 is 11.6 Å². The third-order valence-electron chi connectivity index (χ3n) is 2.14. The molecule has 0 saturated heterocycles. The number of fused-ring (bicyclic) bond motifs is 1. The average molecular weight is 208 g/mol. The van der Waals surface area contributed by atoms with Crippen LogP contribution in [0.2, 0.25) is 5.28 Å². The molecule has 0 unspecified atom stereocenters. The number of anilines is 1. The molecule has 0 saturated carbocycles. The van der Waals surface area contributed by atoms with Gasteiger partial charge in [-0.15, -0.1) is 0 Å². The van der Waals surface area contributed by atoms with Crippen molar-refractivity contribution >= 4 is 28.3 Å². The molecule has 0 aliphatic carbocycles. The van der Waals surface area contributed by atoms with E-state index in [9.17, 15) is 0 Å². The number of hydrogen-bond donors (Lipinski definition) is 1. The second-order valence-electron chi connectivity index (χ2n) is 3.36. The molecule has 2 rings (SSSR count). The van der Waals surface area contributed by atoms with Crippen LogP contribution in [0.25, 0.3) is 10.9 Å². The van der Waals surface area contributed by atoms with Crippen LogP contribution in [-0.4, -0.2) is 9.97 Å². The van der Waals surface area contributed by atoms with Crippen molar-refractivity contribution in [3.8, 4) is 0 Å². The van der Waals surface area contributed by atoms with E-state index in [0.29, 0.717) is 5.82 Å². The molecule has 14 heavy (non-hydrogen) atoms. The Labute approximate surface area is 86.9 Å². The molecular formula is C10H10ClN3. The zero-order valence-corrected chi connectivity index (χ0v) is 8.76. The van der Waals surface area contributed by atoms with Crippen LogP contribution in [0.1, 0.15) is 11.1 Å². The standard InChI is InChI=1S/C10H10ClN3/c1-5-3-6(2)8-7(4-5)9(12)14-10(11)13-8/h3-4H,1-2H3,(H2,12,13,14). The van der Waals surface area contributed by atoms with Crippen molar-refractivity contribution in [3.63, 3.8) is 0 Å². The number of nitrogens with two attached hydrogens (primary N) is 1. The van der Waals surface area contributed by atoms with Gasteiger partial charge in [-0.1, -0.05) is 6.07 Å². The normalized spacial score (nSPS) is 10.8. The van der Waals surface area contributed by atoms with Crippen LogP contribution in [0.15, 0.2) is 12.1 Å². The van der Waals surface area contributed by atoms with Gasteiger partial charge in [-0.25, -0.2) is 9.97 Å². The highest BCUT2D eigenvalue weighted by Crippen LogP contribution is 2.23. The highest BCUT2D eigenvalue weighted by atomic mass is 35.5. The Morgan fingerprint density at radius 2 is 1.93 bits per heavy atom. The van der Waals surface area contributed by atoms with Crippen molar-refractivity contribution in [2.75, 3.05) is 5.73 Å². The molecule has 0 atom stereocenters. The summed E-state index contributed by atoms with van der Waals surface area (Å²) in [6.07, 6.45) is 0. The van der Waals surface area contributed by atoms with Crippen LogP contribution in [0.5, 0.6) is 0 Å². The summed E-state index contributed by atoms with van der Waals surface area (Å²) in [4.78, 5) is 8.07. The Kier molecular flexibility index (Phi) is 2.04. The van der Waals surface area contributed by atoms with E-state index in [1.807, 2.05) is 26.0 Å². The second-order valence-corrected chi connectivity index (χ2v) is 3.69. The Morgan fingerprint density at radius 3 is 2.64 bits per heavy atom. The molecule has 0 aliphatic rings.